The van der Waals surface area contributed by atoms with Gasteiger partial charge in [-0.1, -0.05) is 19.3 Å². The lowest BCUT2D eigenvalue weighted by Crippen LogP contribution is -2.41. The van der Waals surface area contributed by atoms with Gasteiger partial charge in [0.05, 0.1) is 7.11 Å². The van der Waals surface area contributed by atoms with E-state index in [1.165, 1.54) is 32.4 Å². The van der Waals surface area contributed by atoms with Crippen molar-refractivity contribution in [2.75, 3.05) is 19.9 Å². The minimum Gasteiger partial charge on any atom is -0.504 e. The van der Waals surface area contributed by atoms with Crippen LogP contribution in [0.3, 0.4) is 0 Å². The fourth-order valence-corrected chi connectivity index (χ4v) is 3.74. The van der Waals surface area contributed by atoms with Crippen molar-refractivity contribution in [3.63, 3.8) is 0 Å². The molecule has 0 unspecified atom stereocenters. The van der Waals surface area contributed by atoms with Gasteiger partial charge >= 0.3 is 0 Å². The molecule has 1 saturated carbocycles. The van der Waals surface area contributed by atoms with Gasteiger partial charge in [-0.05, 0) is 37.3 Å². The molecule has 1 fully saturated rings. The number of phenols is 1. The van der Waals surface area contributed by atoms with Crippen molar-refractivity contribution >= 4 is 17.7 Å². The van der Waals surface area contributed by atoms with Crippen LogP contribution in [0.5, 0.6) is 11.5 Å². The number of rotatable bonds is 5. The third-order valence-electron chi connectivity index (χ3n) is 4.21. The maximum absolute atomic E-state index is 12.2. The molecule has 1 aromatic carbocycles. The molecule has 0 bridgehead atoms. The van der Waals surface area contributed by atoms with E-state index in [0.717, 1.165) is 12.8 Å². The molecule has 21 heavy (non-hydrogen) atoms. The topological polar surface area (TPSA) is 58.6 Å². The molecule has 2 N–H and O–H groups in total. The lowest BCUT2D eigenvalue weighted by Gasteiger charge is -2.35. The van der Waals surface area contributed by atoms with Gasteiger partial charge in [0, 0.05) is 16.9 Å². The summed E-state index contributed by atoms with van der Waals surface area (Å²) in [5, 5.41) is 12.8. The highest BCUT2D eigenvalue weighted by atomic mass is 32.2. The predicted octanol–water partition coefficient (Wildman–Crippen LogP) is 3.20. The number of nitrogens with one attached hydrogen (secondary N) is 1. The van der Waals surface area contributed by atoms with Crippen molar-refractivity contribution in [3.05, 3.63) is 23.8 Å². The zero-order valence-electron chi connectivity index (χ0n) is 12.6. The highest BCUT2D eigenvalue weighted by Gasteiger charge is 2.31. The van der Waals surface area contributed by atoms with Gasteiger partial charge in [0.25, 0.3) is 5.91 Å². The largest absolute Gasteiger partial charge is 0.504 e. The van der Waals surface area contributed by atoms with Crippen LogP contribution < -0.4 is 10.1 Å². The normalized spacial score (nSPS) is 17.2. The van der Waals surface area contributed by atoms with Crippen LogP contribution in [-0.4, -0.2) is 35.7 Å². The number of aromatic hydroxyl groups is 1. The standard InChI is InChI=1S/C16H23NO3S/c1-20-14-7-6-12(10-13(14)18)15(19)17-11-16(21-2)8-4-3-5-9-16/h6-7,10,18H,3-5,8-9,11H2,1-2H3,(H,17,19). The lowest BCUT2D eigenvalue weighted by molar-refractivity contribution is 0.0946. The van der Waals surface area contributed by atoms with Gasteiger partial charge in [0.2, 0.25) is 0 Å². The summed E-state index contributed by atoms with van der Waals surface area (Å²) in [7, 11) is 1.49. The van der Waals surface area contributed by atoms with Crippen molar-refractivity contribution in [1.29, 1.82) is 0 Å². The SMILES string of the molecule is COc1ccc(C(=O)NCC2(SC)CCCCC2)cc1O. The van der Waals surface area contributed by atoms with E-state index in [1.54, 1.807) is 12.1 Å². The van der Waals surface area contributed by atoms with E-state index in [4.69, 9.17) is 4.74 Å². The highest BCUT2D eigenvalue weighted by molar-refractivity contribution is 8.00. The van der Waals surface area contributed by atoms with Crippen LogP contribution >= 0.6 is 11.8 Å². The first-order valence-corrected chi connectivity index (χ1v) is 8.53. The molecule has 0 aromatic heterocycles. The zero-order valence-corrected chi connectivity index (χ0v) is 13.5. The van der Waals surface area contributed by atoms with Crippen LogP contribution in [-0.2, 0) is 0 Å². The zero-order chi connectivity index (χ0) is 15.3. The Morgan fingerprint density at radius 3 is 2.67 bits per heavy atom. The van der Waals surface area contributed by atoms with E-state index in [9.17, 15) is 9.90 Å². The molecule has 1 amide bonds. The van der Waals surface area contributed by atoms with E-state index >= 15 is 0 Å². The fourth-order valence-electron chi connectivity index (χ4n) is 2.82. The van der Waals surface area contributed by atoms with Crippen molar-refractivity contribution in [3.8, 4) is 11.5 Å². The summed E-state index contributed by atoms with van der Waals surface area (Å²) in [6, 6.07) is 4.72. The fraction of sp³-hybridized carbons (Fsp3) is 0.562. The second kappa shape index (κ2) is 7.07. The number of hydrogen-bond donors (Lipinski definition) is 2. The van der Waals surface area contributed by atoms with Crippen LogP contribution in [0.15, 0.2) is 18.2 Å². The maximum atomic E-state index is 12.2. The van der Waals surface area contributed by atoms with E-state index < -0.39 is 0 Å². The Morgan fingerprint density at radius 2 is 2.10 bits per heavy atom. The molecule has 0 radical (unpaired) electrons. The quantitative estimate of drug-likeness (QED) is 0.877. The Bertz CT molecular complexity index is 498. The second-order valence-electron chi connectivity index (χ2n) is 5.52. The second-order valence-corrected chi connectivity index (χ2v) is 6.79. The van der Waals surface area contributed by atoms with Crippen molar-refractivity contribution in [1.82, 2.24) is 5.32 Å². The van der Waals surface area contributed by atoms with Crippen molar-refractivity contribution < 1.29 is 14.6 Å². The van der Waals surface area contributed by atoms with Gasteiger partial charge in [0.1, 0.15) is 0 Å². The number of benzene rings is 1. The summed E-state index contributed by atoms with van der Waals surface area (Å²) in [4.78, 5) is 12.2. The number of phenolic OH excluding ortho intramolecular Hbond substituents is 1. The summed E-state index contributed by atoms with van der Waals surface area (Å²) >= 11 is 1.86. The molecular weight excluding hydrogens is 286 g/mol. The van der Waals surface area contributed by atoms with Crippen LogP contribution in [0.4, 0.5) is 0 Å². The van der Waals surface area contributed by atoms with Crippen molar-refractivity contribution in [2.24, 2.45) is 0 Å². The Hall–Kier alpha value is -1.36. The van der Waals surface area contributed by atoms with E-state index in [0.29, 0.717) is 17.9 Å². The Kier molecular flexibility index (Phi) is 5.39. The number of methoxy groups -OCH3 is 1. The van der Waals surface area contributed by atoms with E-state index in [2.05, 4.69) is 11.6 Å². The smallest absolute Gasteiger partial charge is 0.251 e. The molecule has 116 valence electrons. The van der Waals surface area contributed by atoms with Gasteiger partial charge in [0.15, 0.2) is 11.5 Å². The van der Waals surface area contributed by atoms with E-state index in [-0.39, 0.29) is 16.4 Å². The Balaban J connectivity index is 1.99. The molecule has 5 heteroatoms. The summed E-state index contributed by atoms with van der Waals surface area (Å²) in [5.41, 5.74) is 0.459. The predicted molar refractivity (Wildman–Crippen MR) is 86.3 cm³/mol. The maximum Gasteiger partial charge on any atom is 0.251 e. The first kappa shape index (κ1) is 16.0. The van der Waals surface area contributed by atoms with Gasteiger partial charge in [-0.25, -0.2) is 0 Å². The number of ether oxygens (including phenoxy) is 1. The monoisotopic (exact) mass is 309 g/mol. The first-order valence-electron chi connectivity index (χ1n) is 7.30. The molecule has 0 aliphatic heterocycles. The number of hydrogen-bond acceptors (Lipinski definition) is 4. The molecular formula is C16H23NO3S. The molecule has 4 nitrogen and oxygen atoms in total. The average molecular weight is 309 g/mol. The van der Waals surface area contributed by atoms with Crippen LogP contribution in [0.25, 0.3) is 0 Å². The number of thioether (sulfide) groups is 1. The molecule has 0 atom stereocenters. The van der Waals surface area contributed by atoms with Gasteiger partial charge < -0.3 is 15.2 Å². The summed E-state index contributed by atoms with van der Waals surface area (Å²) in [6.07, 6.45) is 8.20. The van der Waals surface area contributed by atoms with Crippen LogP contribution in [0, 0.1) is 0 Å². The summed E-state index contributed by atoms with van der Waals surface area (Å²) < 4.78 is 5.15. The minimum atomic E-state index is -0.146. The third kappa shape index (κ3) is 3.84. The molecule has 1 aliphatic carbocycles. The number of carbonyl (C=O) groups is 1. The van der Waals surface area contributed by atoms with Crippen molar-refractivity contribution in [2.45, 2.75) is 36.9 Å². The third-order valence-corrected chi connectivity index (χ3v) is 5.63. The molecule has 2 rings (SSSR count). The molecule has 0 heterocycles. The van der Waals surface area contributed by atoms with Gasteiger partial charge in [-0.3, -0.25) is 4.79 Å². The van der Waals surface area contributed by atoms with E-state index in [1.807, 2.05) is 11.8 Å². The first-order chi connectivity index (χ1) is 10.1. The summed E-state index contributed by atoms with van der Waals surface area (Å²) in [5.74, 6) is 0.216. The Morgan fingerprint density at radius 1 is 1.38 bits per heavy atom. The molecule has 1 aromatic rings. The summed E-state index contributed by atoms with van der Waals surface area (Å²) in [6.45, 7) is 0.680. The molecule has 0 spiro atoms. The lowest BCUT2D eigenvalue weighted by atomic mass is 9.88. The van der Waals surface area contributed by atoms with Gasteiger partial charge in [-0.15, -0.1) is 0 Å². The Labute approximate surface area is 130 Å². The van der Waals surface area contributed by atoms with Crippen LogP contribution in [0.2, 0.25) is 0 Å². The average Bonchev–Trinajstić information content (AvgIpc) is 2.53. The molecule has 0 saturated heterocycles. The number of carbonyl (C=O) groups excluding carboxylic acids is 1. The van der Waals surface area contributed by atoms with Gasteiger partial charge in [-0.2, -0.15) is 11.8 Å². The minimum absolute atomic E-state index is 0.0117. The number of amides is 1. The van der Waals surface area contributed by atoms with Crippen LogP contribution in [0.1, 0.15) is 42.5 Å². The molecule has 1 aliphatic rings. The highest BCUT2D eigenvalue weighted by Crippen LogP contribution is 2.38.